The van der Waals surface area contributed by atoms with Crippen molar-refractivity contribution in [2.24, 2.45) is 0 Å². The van der Waals surface area contributed by atoms with E-state index in [0.29, 0.717) is 0 Å². The Labute approximate surface area is 100 Å². The second-order valence-corrected chi connectivity index (χ2v) is 4.07. The second kappa shape index (κ2) is 5.67. The minimum atomic E-state index is -0.459. The van der Waals surface area contributed by atoms with Crippen LogP contribution in [0.25, 0.3) is 0 Å². The summed E-state index contributed by atoms with van der Waals surface area (Å²) in [4.78, 5) is 27.1. The van der Waals surface area contributed by atoms with Crippen molar-refractivity contribution in [2.45, 2.75) is 26.8 Å². The molecule has 1 heterocycles. The molecule has 0 aliphatic heterocycles. The highest BCUT2D eigenvalue weighted by Gasteiger charge is 2.13. The first-order valence-corrected chi connectivity index (χ1v) is 5.83. The largest absolute Gasteiger partial charge is 0.385 e. The predicted molar refractivity (Wildman–Crippen MR) is 68.2 cm³/mol. The summed E-state index contributed by atoms with van der Waals surface area (Å²) in [6.45, 7) is 8.60. The topological polar surface area (TPSA) is 84.1 Å². The molecule has 17 heavy (non-hydrogen) atoms. The summed E-state index contributed by atoms with van der Waals surface area (Å²) in [5.74, 6) is 0.207. The van der Waals surface area contributed by atoms with Crippen LogP contribution >= 0.6 is 0 Å². The zero-order valence-corrected chi connectivity index (χ0v) is 10.6. The van der Waals surface area contributed by atoms with E-state index in [4.69, 9.17) is 5.73 Å². The molecule has 1 rings (SSSR count). The van der Waals surface area contributed by atoms with Gasteiger partial charge in [-0.1, -0.05) is 13.8 Å². The molecule has 6 nitrogen and oxygen atoms in total. The van der Waals surface area contributed by atoms with Crippen LogP contribution in [0.15, 0.2) is 15.7 Å². The quantitative estimate of drug-likeness (QED) is 0.760. The Kier molecular flexibility index (Phi) is 4.51. The van der Waals surface area contributed by atoms with Gasteiger partial charge in [-0.15, -0.1) is 0 Å². The number of rotatable bonds is 5. The second-order valence-electron chi connectivity index (χ2n) is 4.07. The number of nitrogens with two attached hydrogens (primary N) is 1. The number of anilines is 1. The Bertz CT molecular complexity index is 473. The molecule has 1 atom stereocenters. The summed E-state index contributed by atoms with van der Waals surface area (Å²) in [5.41, 5.74) is 4.80. The van der Waals surface area contributed by atoms with E-state index in [9.17, 15) is 9.59 Å². The van der Waals surface area contributed by atoms with Crippen LogP contribution in [0.5, 0.6) is 0 Å². The molecule has 0 fully saturated rings. The molecule has 0 aliphatic rings. The maximum Gasteiger partial charge on any atom is 0.330 e. The molecule has 96 valence electrons. The van der Waals surface area contributed by atoms with Crippen molar-refractivity contribution in [1.82, 2.24) is 14.5 Å². The van der Waals surface area contributed by atoms with Crippen molar-refractivity contribution < 1.29 is 0 Å². The number of nitrogens with one attached hydrogen (secondary N) is 1. The van der Waals surface area contributed by atoms with Gasteiger partial charge in [0.2, 0.25) is 0 Å². The fraction of sp³-hybridized carbons (Fsp3) is 0.636. The average molecular weight is 240 g/mol. The van der Waals surface area contributed by atoms with Crippen LogP contribution in [-0.4, -0.2) is 34.1 Å². The van der Waals surface area contributed by atoms with Gasteiger partial charge in [-0.25, -0.2) is 4.79 Å². The lowest BCUT2D eigenvalue weighted by Crippen LogP contribution is -2.38. The Balaban J connectivity index is 3.00. The number of H-pyrrole nitrogens is 1. The monoisotopic (exact) mass is 240 g/mol. The van der Waals surface area contributed by atoms with E-state index < -0.39 is 11.2 Å². The van der Waals surface area contributed by atoms with Gasteiger partial charge in [-0.05, 0) is 20.0 Å². The summed E-state index contributed by atoms with van der Waals surface area (Å²) >= 11 is 0. The van der Waals surface area contributed by atoms with Crippen LogP contribution in [0, 0.1) is 0 Å². The van der Waals surface area contributed by atoms with Crippen molar-refractivity contribution in [3.8, 4) is 0 Å². The maximum atomic E-state index is 11.7. The fourth-order valence-corrected chi connectivity index (χ4v) is 1.91. The number of hydrogen-bond acceptors (Lipinski definition) is 4. The standard InChI is InChI=1S/C11H20N4O2/c1-4-14(5-2)7-8(3)15-9(12)6-10(16)13-11(15)17/h6,8H,4-5,7,12H2,1-3H3,(H,13,16,17). The highest BCUT2D eigenvalue weighted by molar-refractivity contribution is 5.26. The van der Waals surface area contributed by atoms with Gasteiger partial charge in [0.25, 0.3) is 5.56 Å². The van der Waals surface area contributed by atoms with Crippen LogP contribution < -0.4 is 17.0 Å². The van der Waals surface area contributed by atoms with E-state index in [1.807, 2.05) is 6.92 Å². The lowest BCUT2D eigenvalue weighted by Gasteiger charge is -2.24. The first-order chi connectivity index (χ1) is 7.99. The van der Waals surface area contributed by atoms with Crippen molar-refractivity contribution in [3.05, 3.63) is 26.9 Å². The van der Waals surface area contributed by atoms with Gasteiger partial charge in [0.05, 0.1) is 0 Å². The number of aromatic amines is 1. The third-order valence-corrected chi connectivity index (χ3v) is 2.86. The van der Waals surface area contributed by atoms with Crippen molar-refractivity contribution in [2.75, 3.05) is 25.4 Å². The Hall–Kier alpha value is -1.56. The first-order valence-electron chi connectivity index (χ1n) is 5.83. The van der Waals surface area contributed by atoms with Gasteiger partial charge in [0, 0.05) is 18.7 Å². The van der Waals surface area contributed by atoms with Crippen molar-refractivity contribution in [3.63, 3.8) is 0 Å². The summed E-state index contributed by atoms with van der Waals surface area (Å²) < 4.78 is 1.42. The maximum absolute atomic E-state index is 11.7. The van der Waals surface area contributed by atoms with Gasteiger partial charge in [0.1, 0.15) is 5.82 Å². The highest BCUT2D eigenvalue weighted by atomic mass is 16.2. The molecule has 3 N–H and O–H groups in total. The lowest BCUT2D eigenvalue weighted by molar-refractivity contribution is 0.259. The molecule has 0 bridgehead atoms. The number of nitrogen functional groups attached to an aromatic ring is 1. The van der Waals surface area contributed by atoms with Gasteiger partial charge in [0.15, 0.2) is 0 Å². The zero-order chi connectivity index (χ0) is 13.0. The summed E-state index contributed by atoms with van der Waals surface area (Å²) in [6.07, 6.45) is 0. The molecule has 0 spiro atoms. The summed E-state index contributed by atoms with van der Waals surface area (Å²) in [7, 11) is 0. The number of likely N-dealkylation sites (N-methyl/N-ethyl adjacent to an activating group) is 1. The smallest absolute Gasteiger partial charge is 0.330 e. The van der Waals surface area contributed by atoms with Gasteiger partial charge >= 0.3 is 5.69 Å². The first kappa shape index (κ1) is 13.5. The van der Waals surface area contributed by atoms with Crippen LogP contribution in [0.1, 0.15) is 26.8 Å². The number of nitrogens with zero attached hydrogens (tertiary/aromatic N) is 2. The van der Waals surface area contributed by atoms with Crippen molar-refractivity contribution >= 4 is 5.82 Å². The lowest BCUT2D eigenvalue weighted by atomic mass is 10.3. The van der Waals surface area contributed by atoms with E-state index >= 15 is 0 Å². The fourth-order valence-electron chi connectivity index (χ4n) is 1.91. The minimum absolute atomic E-state index is 0.0701. The average Bonchev–Trinajstić information content (AvgIpc) is 2.24. The predicted octanol–water partition coefficient (Wildman–Crippen LogP) is 0.0216. The van der Waals surface area contributed by atoms with Gasteiger partial charge in [-0.3, -0.25) is 14.3 Å². The molecular formula is C11H20N4O2. The van der Waals surface area contributed by atoms with E-state index in [1.165, 1.54) is 10.6 Å². The van der Waals surface area contributed by atoms with E-state index in [1.54, 1.807) is 0 Å². The molecule has 0 saturated heterocycles. The third kappa shape index (κ3) is 3.20. The summed E-state index contributed by atoms with van der Waals surface area (Å²) in [6, 6.07) is 1.17. The van der Waals surface area contributed by atoms with Crippen LogP contribution in [0.2, 0.25) is 0 Å². The number of hydrogen-bond donors (Lipinski definition) is 2. The molecule has 0 amide bonds. The van der Waals surface area contributed by atoms with Crippen molar-refractivity contribution in [1.29, 1.82) is 0 Å². The zero-order valence-electron chi connectivity index (χ0n) is 10.6. The molecule has 0 aliphatic carbocycles. The van der Waals surface area contributed by atoms with Crippen LogP contribution in [0.4, 0.5) is 5.82 Å². The normalized spacial score (nSPS) is 12.9. The molecule has 0 saturated carbocycles. The van der Waals surface area contributed by atoms with E-state index in [-0.39, 0.29) is 11.9 Å². The van der Waals surface area contributed by atoms with Crippen LogP contribution in [-0.2, 0) is 0 Å². The SMILES string of the molecule is CCN(CC)CC(C)n1c(N)cc(=O)[nH]c1=O. The minimum Gasteiger partial charge on any atom is -0.385 e. The Morgan fingerprint density at radius 3 is 2.47 bits per heavy atom. The molecule has 0 radical (unpaired) electrons. The number of aromatic nitrogens is 2. The molecule has 0 aromatic carbocycles. The molecular weight excluding hydrogens is 220 g/mol. The van der Waals surface area contributed by atoms with E-state index in [0.717, 1.165) is 19.6 Å². The highest BCUT2D eigenvalue weighted by Crippen LogP contribution is 2.08. The van der Waals surface area contributed by atoms with Gasteiger partial charge < -0.3 is 10.6 Å². The molecule has 1 aromatic heterocycles. The van der Waals surface area contributed by atoms with Gasteiger partial charge in [-0.2, -0.15) is 0 Å². The van der Waals surface area contributed by atoms with Crippen LogP contribution in [0.3, 0.4) is 0 Å². The molecule has 1 unspecified atom stereocenters. The molecule has 6 heteroatoms. The third-order valence-electron chi connectivity index (χ3n) is 2.86. The summed E-state index contributed by atoms with van der Waals surface area (Å²) in [5, 5.41) is 0. The molecule has 1 aromatic rings. The Morgan fingerprint density at radius 2 is 2.00 bits per heavy atom. The van der Waals surface area contributed by atoms with E-state index in [2.05, 4.69) is 23.7 Å². The Morgan fingerprint density at radius 1 is 1.41 bits per heavy atom.